The summed E-state index contributed by atoms with van der Waals surface area (Å²) in [5, 5.41) is 8.72. The molecule has 0 spiro atoms. The number of urea groups is 2. The molecule has 23 heavy (non-hydrogen) atoms. The van der Waals surface area contributed by atoms with E-state index in [0.717, 1.165) is 50.0 Å². The number of amides is 4. The number of hydrogen-bond donors (Lipinski definition) is 3. The lowest BCUT2D eigenvalue weighted by molar-refractivity contribution is 0.205. The molecule has 4 amide bonds. The van der Waals surface area contributed by atoms with Crippen LogP contribution in [0.15, 0.2) is 24.3 Å². The summed E-state index contributed by atoms with van der Waals surface area (Å²) in [4.78, 5) is 25.6. The average Bonchev–Trinajstić information content (AvgIpc) is 3.17. The summed E-state index contributed by atoms with van der Waals surface area (Å²) in [6.07, 6.45) is 4.32. The number of nitrogens with zero attached hydrogens (tertiary/aromatic N) is 1. The van der Waals surface area contributed by atoms with E-state index in [2.05, 4.69) is 16.0 Å². The minimum absolute atomic E-state index is 0.000938. The Morgan fingerprint density at radius 1 is 1.13 bits per heavy atom. The first-order chi connectivity index (χ1) is 11.1. The fourth-order valence-electron chi connectivity index (χ4n) is 2.72. The van der Waals surface area contributed by atoms with E-state index in [0.29, 0.717) is 6.04 Å². The van der Waals surface area contributed by atoms with Crippen LogP contribution >= 0.6 is 0 Å². The summed E-state index contributed by atoms with van der Waals surface area (Å²) in [6.45, 7) is 3.66. The van der Waals surface area contributed by atoms with E-state index in [1.165, 1.54) is 0 Å². The molecule has 6 heteroatoms. The minimum atomic E-state index is -0.157. The van der Waals surface area contributed by atoms with Gasteiger partial charge in [-0.15, -0.1) is 0 Å². The van der Waals surface area contributed by atoms with Crippen molar-refractivity contribution in [2.24, 2.45) is 0 Å². The second-order valence-corrected chi connectivity index (χ2v) is 6.36. The second-order valence-electron chi connectivity index (χ2n) is 6.36. The van der Waals surface area contributed by atoms with Gasteiger partial charge in [-0.1, -0.05) is 12.1 Å². The third-order valence-electron chi connectivity index (χ3n) is 4.31. The molecule has 6 nitrogen and oxygen atoms in total. The summed E-state index contributed by atoms with van der Waals surface area (Å²) >= 11 is 0. The quantitative estimate of drug-likeness (QED) is 0.799. The van der Waals surface area contributed by atoms with Crippen molar-refractivity contribution in [3.05, 3.63) is 29.8 Å². The molecule has 0 bridgehead atoms. The van der Waals surface area contributed by atoms with Crippen molar-refractivity contribution >= 4 is 17.7 Å². The molecule has 1 atom stereocenters. The van der Waals surface area contributed by atoms with Crippen LogP contribution in [0, 0.1) is 0 Å². The molecule has 1 aliphatic heterocycles. The van der Waals surface area contributed by atoms with E-state index in [9.17, 15) is 9.59 Å². The van der Waals surface area contributed by atoms with Crippen LogP contribution in [-0.2, 0) is 0 Å². The first kappa shape index (κ1) is 15.6. The zero-order chi connectivity index (χ0) is 16.2. The summed E-state index contributed by atoms with van der Waals surface area (Å²) in [5.41, 5.74) is 1.77. The lowest BCUT2D eigenvalue weighted by Crippen LogP contribution is -2.39. The van der Waals surface area contributed by atoms with Gasteiger partial charge >= 0.3 is 12.1 Å². The first-order valence-electron chi connectivity index (χ1n) is 8.35. The standard InChI is InChI=1S/C17H24N4O2/c1-12(18-17(23)21-10-2-3-11-21)13-4-6-14(7-5-13)19-16(22)20-15-8-9-15/h4-7,12,15H,2-3,8-11H2,1H3,(H,18,23)(H2,19,20,22). The van der Waals surface area contributed by atoms with Crippen molar-refractivity contribution in [1.29, 1.82) is 0 Å². The van der Waals surface area contributed by atoms with Gasteiger partial charge in [0.25, 0.3) is 0 Å². The van der Waals surface area contributed by atoms with Crippen LogP contribution in [0.1, 0.15) is 44.2 Å². The zero-order valence-corrected chi connectivity index (χ0v) is 13.5. The second kappa shape index (κ2) is 6.89. The molecule has 2 fully saturated rings. The highest BCUT2D eigenvalue weighted by Gasteiger charge is 2.23. The number of carbonyl (C=O) groups is 2. The maximum absolute atomic E-state index is 12.1. The van der Waals surface area contributed by atoms with E-state index < -0.39 is 0 Å². The smallest absolute Gasteiger partial charge is 0.319 e. The highest BCUT2D eigenvalue weighted by molar-refractivity contribution is 5.89. The van der Waals surface area contributed by atoms with Crippen LogP contribution in [0.5, 0.6) is 0 Å². The lowest BCUT2D eigenvalue weighted by Gasteiger charge is -2.21. The maximum atomic E-state index is 12.1. The maximum Gasteiger partial charge on any atom is 0.319 e. The highest BCUT2D eigenvalue weighted by Crippen LogP contribution is 2.20. The molecular weight excluding hydrogens is 292 g/mol. The zero-order valence-electron chi connectivity index (χ0n) is 13.5. The van der Waals surface area contributed by atoms with Gasteiger partial charge in [-0.25, -0.2) is 9.59 Å². The van der Waals surface area contributed by atoms with Crippen LogP contribution < -0.4 is 16.0 Å². The van der Waals surface area contributed by atoms with E-state index in [-0.39, 0.29) is 18.1 Å². The first-order valence-corrected chi connectivity index (χ1v) is 8.35. The molecule has 0 aromatic heterocycles. The number of nitrogens with one attached hydrogen (secondary N) is 3. The lowest BCUT2D eigenvalue weighted by atomic mass is 10.1. The largest absolute Gasteiger partial charge is 0.335 e. The molecule has 1 saturated carbocycles. The van der Waals surface area contributed by atoms with Crippen LogP contribution in [0.25, 0.3) is 0 Å². The van der Waals surface area contributed by atoms with Crippen LogP contribution in [0.3, 0.4) is 0 Å². The Balaban J connectivity index is 1.51. The average molecular weight is 316 g/mol. The Labute approximate surface area is 136 Å². The fourth-order valence-corrected chi connectivity index (χ4v) is 2.72. The van der Waals surface area contributed by atoms with Crippen LogP contribution in [0.2, 0.25) is 0 Å². The number of rotatable bonds is 4. The Morgan fingerprint density at radius 2 is 1.78 bits per heavy atom. The van der Waals surface area contributed by atoms with Gasteiger partial charge in [0.15, 0.2) is 0 Å². The molecule has 3 rings (SSSR count). The summed E-state index contributed by atoms with van der Waals surface area (Å²) in [5.74, 6) is 0. The van der Waals surface area contributed by atoms with Crippen molar-refractivity contribution in [2.75, 3.05) is 18.4 Å². The van der Waals surface area contributed by atoms with Crippen molar-refractivity contribution < 1.29 is 9.59 Å². The topological polar surface area (TPSA) is 73.5 Å². The number of benzene rings is 1. The SMILES string of the molecule is CC(NC(=O)N1CCCC1)c1ccc(NC(=O)NC2CC2)cc1. The molecule has 1 unspecified atom stereocenters. The third kappa shape index (κ3) is 4.37. The normalized spacial score (nSPS) is 18.4. The fraction of sp³-hybridized carbons (Fsp3) is 0.529. The Kier molecular flexibility index (Phi) is 4.69. The van der Waals surface area contributed by atoms with E-state index in [4.69, 9.17) is 0 Å². The van der Waals surface area contributed by atoms with Gasteiger partial charge in [0, 0.05) is 24.8 Å². The highest BCUT2D eigenvalue weighted by atomic mass is 16.2. The van der Waals surface area contributed by atoms with Gasteiger partial charge in [0.1, 0.15) is 0 Å². The Morgan fingerprint density at radius 3 is 2.39 bits per heavy atom. The number of anilines is 1. The van der Waals surface area contributed by atoms with Crippen molar-refractivity contribution in [2.45, 2.75) is 44.7 Å². The molecule has 1 aromatic rings. The molecule has 1 aromatic carbocycles. The molecule has 124 valence electrons. The minimum Gasteiger partial charge on any atom is -0.335 e. The predicted molar refractivity (Wildman–Crippen MR) is 89.4 cm³/mol. The van der Waals surface area contributed by atoms with E-state index >= 15 is 0 Å². The third-order valence-corrected chi connectivity index (χ3v) is 4.31. The van der Waals surface area contributed by atoms with Gasteiger partial charge in [0.2, 0.25) is 0 Å². The van der Waals surface area contributed by atoms with Crippen molar-refractivity contribution in [3.63, 3.8) is 0 Å². The van der Waals surface area contributed by atoms with E-state index in [1.807, 2.05) is 36.1 Å². The van der Waals surface area contributed by atoms with Gasteiger partial charge in [0.05, 0.1) is 6.04 Å². The molecular formula is C17H24N4O2. The van der Waals surface area contributed by atoms with Gasteiger partial charge < -0.3 is 20.9 Å². The summed E-state index contributed by atoms with van der Waals surface area (Å²) in [7, 11) is 0. The molecule has 1 heterocycles. The van der Waals surface area contributed by atoms with Gasteiger partial charge in [-0.3, -0.25) is 0 Å². The van der Waals surface area contributed by atoms with Crippen molar-refractivity contribution in [3.8, 4) is 0 Å². The molecule has 0 radical (unpaired) electrons. The molecule has 1 aliphatic carbocycles. The molecule has 2 aliphatic rings. The number of hydrogen-bond acceptors (Lipinski definition) is 2. The predicted octanol–water partition coefficient (Wildman–Crippen LogP) is 2.84. The number of likely N-dealkylation sites (tertiary alicyclic amines) is 1. The monoisotopic (exact) mass is 316 g/mol. The number of carbonyl (C=O) groups excluding carboxylic acids is 2. The summed E-state index contributed by atoms with van der Waals surface area (Å²) in [6, 6.07) is 7.72. The molecule has 3 N–H and O–H groups in total. The van der Waals surface area contributed by atoms with E-state index in [1.54, 1.807) is 0 Å². The van der Waals surface area contributed by atoms with Crippen LogP contribution in [-0.4, -0.2) is 36.1 Å². The Hall–Kier alpha value is -2.24. The molecule has 1 saturated heterocycles. The van der Waals surface area contributed by atoms with Crippen molar-refractivity contribution in [1.82, 2.24) is 15.5 Å². The van der Waals surface area contributed by atoms with Crippen LogP contribution in [0.4, 0.5) is 15.3 Å². The summed E-state index contributed by atoms with van der Waals surface area (Å²) < 4.78 is 0. The Bertz CT molecular complexity index is 562. The van der Waals surface area contributed by atoms with Gasteiger partial charge in [-0.05, 0) is 50.3 Å². The van der Waals surface area contributed by atoms with Gasteiger partial charge in [-0.2, -0.15) is 0 Å².